The van der Waals surface area contributed by atoms with Crippen LogP contribution in [0.4, 0.5) is 5.82 Å². The molecule has 2 unspecified atom stereocenters. The van der Waals surface area contributed by atoms with Crippen LogP contribution in [-0.2, 0) is 22.7 Å². The van der Waals surface area contributed by atoms with Crippen LogP contribution < -0.4 is 5.73 Å². The number of ether oxygens (including phenoxy) is 1. The molecule has 2 aromatic heterocycles. The molecular weight excluding hydrogens is 495 g/mol. The number of nitrogens with zero attached hydrogens (tertiary/aromatic N) is 4. The smallest absolute Gasteiger partial charge is 0.358 e. The standard InChI is InChI=1S/C13H20N5O11P3/c14-11-9-12(16-4-15-11)18(5-17-9)13-10(20)7(3-19)8(28-13)1-2-31(24,25)29-32(26,27)6-30(21,22)23/h1-2,4-5,7-8,10,13,19-20H,3,6H2,(H,24,25)(H,26,27)(H2,14,15,16)(H2,21,22,23)/b2-1+/t7-,8-,10-,13-/m1/s1. The zero-order valence-electron chi connectivity index (χ0n) is 16.0. The molecular formula is C13H20N5O11P3. The maximum atomic E-state index is 12.1. The quantitative estimate of drug-likeness (QED) is 0.215. The lowest BCUT2D eigenvalue weighted by atomic mass is 9.99. The van der Waals surface area contributed by atoms with E-state index in [0.717, 1.165) is 6.08 Å². The minimum absolute atomic E-state index is 0.0819. The summed E-state index contributed by atoms with van der Waals surface area (Å²) in [6, 6.07) is 0. The maximum Gasteiger partial charge on any atom is 0.358 e. The van der Waals surface area contributed by atoms with Crippen LogP contribution in [-0.4, -0.2) is 74.0 Å². The first-order valence-corrected chi connectivity index (χ1v) is 13.9. The van der Waals surface area contributed by atoms with Gasteiger partial charge < -0.3 is 40.3 Å². The molecule has 0 aliphatic carbocycles. The third-order valence-electron chi connectivity index (χ3n) is 4.39. The van der Waals surface area contributed by atoms with Gasteiger partial charge in [0.25, 0.3) is 0 Å². The third-order valence-corrected chi connectivity index (χ3v) is 9.80. The normalized spacial score (nSPS) is 28.2. The number of hydrogen-bond acceptors (Lipinski definition) is 11. The van der Waals surface area contributed by atoms with Crippen molar-refractivity contribution in [1.82, 2.24) is 19.5 Å². The van der Waals surface area contributed by atoms with E-state index in [1.54, 1.807) is 0 Å². The summed E-state index contributed by atoms with van der Waals surface area (Å²) < 4.78 is 45.8. The second-order valence-corrected chi connectivity index (χ2v) is 12.7. The minimum atomic E-state index is -5.12. The van der Waals surface area contributed by atoms with Gasteiger partial charge >= 0.3 is 22.8 Å². The van der Waals surface area contributed by atoms with Crippen molar-refractivity contribution >= 4 is 39.8 Å². The van der Waals surface area contributed by atoms with Crippen LogP contribution in [0, 0.1) is 5.92 Å². The molecule has 1 fully saturated rings. The molecule has 1 aliphatic rings. The maximum absolute atomic E-state index is 12.1. The summed E-state index contributed by atoms with van der Waals surface area (Å²) in [6.07, 6.45) is -0.276. The molecule has 8 N–H and O–H groups in total. The molecule has 16 nitrogen and oxygen atoms in total. The van der Waals surface area contributed by atoms with Gasteiger partial charge in [-0.1, -0.05) is 0 Å². The highest BCUT2D eigenvalue weighted by molar-refractivity contribution is 7.75. The fraction of sp³-hybridized carbons (Fsp3) is 0.462. The van der Waals surface area contributed by atoms with Crippen molar-refractivity contribution in [3.05, 3.63) is 24.5 Å². The highest BCUT2D eigenvalue weighted by Crippen LogP contribution is 2.65. The number of aliphatic hydroxyl groups is 2. The van der Waals surface area contributed by atoms with Crippen LogP contribution >= 0.6 is 22.8 Å². The third kappa shape index (κ3) is 5.68. The molecule has 1 aliphatic heterocycles. The Labute approximate surface area is 179 Å². The minimum Gasteiger partial charge on any atom is -0.396 e. The number of nitrogen functional groups attached to an aromatic ring is 1. The number of anilines is 1. The van der Waals surface area contributed by atoms with E-state index in [-0.39, 0.29) is 17.0 Å². The Morgan fingerprint density at radius 1 is 1.19 bits per heavy atom. The van der Waals surface area contributed by atoms with Crippen LogP contribution in [0.15, 0.2) is 24.5 Å². The highest BCUT2D eigenvalue weighted by Gasteiger charge is 2.44. The fourth-order valence-corrected chi connectivity index (χ4v) is 7.70. The summed E-state index contributed by atoms with van der Waals surface area (Å²) >= 11 is 0. The molecule has 1 saturated heterocycles. The number of fused-ring (bicyclic) bond motifs is 1. The predicted molar refractivity (Wildman–Crippen MR) is 107 cm³/mol. The van der Waals surface area contributed by atoms with E-state index < -0.39 is 59.7 Å². The molecule has 6 atom stereocenters. The van der Waals surface area contributed by atoms with Crippen LogP contribution in [0.2, 0.25) is 0 Å². The zero-order chi connectivity index (χ0) is 23.9. The second kappa shape index (κ2) is 9.01. The molecule has 0 radical (unpaired) electrons. The molecule has 0 bridgehead atoms. The number of rotatable bonds is 8. The van der Waals surface area contributed by atoms with Gasteiger partial charge in [-0.3, -0.25) is 18.3 Å². The summed E-state index contributed by atoms with van der Waals surface area (Å²) in [6.45, 7) is -0.607. The van der Waals surface area contributed by atoms with Crippen molar-refractivity contribution in [2.75, 3.05) is 18.2 Å². The van der Waals surface area contributed by atoms with E-state index >= 15 is 0 Å². The van der Waals surface area contributed by atoms with E-state index in [0.29, 0.717) is 5.82 Å². The van der Waals surface area contributed by atoms with Gasteiger partial charge in [-0.2, -0.15) is 0 Å². The first kappa shape index (κ1) is 25.1. The average molecular weight is 515 g/mol. The second-order valence-electron chi connectivity index (χ2n) is 6.84. The van der Waals surface area contributed by atoms with Crippen molar-refractivity contribution in [2.24, 2.45) is 5.92 Å². The summed E-state index contributed by atoms with van der Waals surface area (Å²) in [4.78, 5) is 48.6. The Morgan fingerprint density at radius 2 is 1.88 bits per heavy atom. The van der Waals surface area contributed by atoms with Crippen molar-refractivity contribution in [2.45, 2.75) is 18.4 Å². The largest absolute Gasteiger partial charge is 0.396 e. The van der Waals surface area contributed by atoms with Crippen LogP contribution in [0.5, 0.6) is 0 Å². The molecule has 32 heavy (non-hydrogen) atoms. The molecule has 3 heterocycles. The van der Waals surface area contributed by atoms with Crippen molar-refractivity contribution in [1.29, 1.82) is 0 Å². The Kier molecular flexibility index (Phi) is 7.06. The first-order valence-electron chi connectivity index (χ1n) is 8.70. The summed E-state index contributed by atoms with van der Waals surface area (Å²) in [5, 5.41) is 20.2. The monoisotopic (exact) mass is 515 g/mol. The van der Waals surface area contributed by atoms with Crippen molar-refractivity contribution in [3.8, 4) is 0 Å². The number of hydrogen-bond donors (Lipinski definition) is 7. The van der Waals surface area contributed by atoms with Gasteiger partial charge in [0, 0.05) is 11.7 Å². The lowest BCUT2D eigenvalue weighted by Crippen LogP contribution is -2.28. The predicted octanol–water partition coefficient (Wildman–Crippen LogP) is -0.688. The van der Waals surface area contributed by atoms with E-state index in [1.807, 2.05) is 0 Å². The SMILES string of the molecule is Nc1ncnc2c1ncn2[C@@H]1O[C@H](/C=C/P(=O)(O)OP(=O)(O)CP(=O)(O)O)[C@@H](CO)[C@H]1O. The lowest BCUT2D eigenvalue weighted by molar-refractivity contribution is -0.0234. The summed E-state index contributed by atoms with van der Waals surface area (Å²) in [5.41, 5.74) is 6.18. The Morgan fingerprint density at radius 3 is 2.50 bits per heavy atom. The number of nitrogens with two attached hydrogens (primary N) is 1. The Bertz CT molecular complexity index is 1170. The number of imidazole rings is 1. The summed E-state index contributed by atoms with van der Waals surface area (Å²) in [5.74, 6) is -2.11. The molecule has 0 saturated carbocycles. The van der Waals surface area contributed by atoms with Gasteiger partial charge in [0.05, 0.1) is 19.0 Å². The zero-order valence-corrected chi connectivity index (χ0v) is 18.6. The Hall–Kier alpha value is -1.54. The highest BCUT2D eigenvalue weighted by atomic mass is 31.3. The molecule has 178 valence electrons. The van der Waals surface area contributed by atoms with Gasteiger partial charge in [-0.05, 0) is 6.08 Å². The lowest BCUT2D eigenvalue weighted by Gasteiger charge is -2.17. The van der Waals surface area contributed by atoms with Gasteiger partial charge in [0.15, 0.2) is 23.6 Å². The number of aromatic nitrogens is 4. The number of aliphatic hydroxyl groups excluding tert-OH is 2. The fourth-order valence-electron chi connectivity index (χ4n) is 3.10. The van der Waals surface area contributed by atoms with Gasteiger partial charge in [-0.25, -0.2) is 19.3 Å². The van der Waals surface area contributed by atoms with Crippen LogP contribution in [0.1, 0.15) is 6.23 Å². The molecule has 19 heteroatoms. The van der Waals surface area contributed by atoms with Gasteiger partial charge in [0.1, 0.15) is 17.9 Å². The van der Waals surface area contributed by atoms with E-state index in [1.165, 1.54) is 17.2 Å². The molecule has 0 spiro atoms. The van der Waals surface area contributed by atoms with Gasteiger partial charge in [0.2, 0.25) is 0 Å². The van der Waals surface area contributed by atoms with Crippen molar-refractivity contribution < 1.29 is 52.5 Å². The van der Waals surface area contributed by atoms with Crippen LogP contribution in [0.3, 0.4) is 0 Å². The average Bonchev–Trinajstić information content (AvgIpc) is 3.18. The molecule has 0 amide bonds. The van der Waals surface area contributed by atoms with Gasteiger partial charge in [-0.15, -0.1) is 0 Å². The molecule has 3 rings (SSSR count). The van der Waals surface area contributed by atoms with Crippen LogP contribution in [0.25, 0.3) is 11.2 Å². The molecule has 2 aromatic rings. The van der Waals surface area contributed by atoms with E-state index in [2.05, 4.69) is 19.3 Å². The Balaban J connectivity index is 1.81. The first-order chi connectivity index (χ1) is 14.7. The van der Waals surface area contributed by atoms with E-state index in [9.17, 15) is 33.7 Å². The van der Waals surface area contributed by atoms with Crippen molar-refractivity contribution in [3.63, 3.8) is 0 Å². The summed E-state index contributed by atoms with van der Waals surface area (Å²) in [7, 11) is -15.1. The van der Waals surface area contributed by atoms with E-state index in [4.69, 9.17) is 20.3 Å². The topological polar surface area (TPSA) is 261 Å². The molecule has 0 aromatic carbocycles.